The number of anilines is 3. The minimum atomic E-state index is -0.218. The van der Waals surface area contributed by atoms with Crippen LogP contribution in [0.15, 0.2) is 36.4 Å². The van der Waals surface area contributed by atoms with Crippen molar-refractivity contribution in [2.24, 2.45) is 0 Å². The van der Waals surface area contributed by atoms with Crippen molar-refractivity contribution in [1.29, 1.82) is 0 Å². The molecule has 138 valence electrons. The van der Waals surface area contributed by atoms with E-state index >= 15 is 0 Å². The highest BCUT2D eigenvalue weighted by atomic mass is 16.5. The van der Waals surface area contributed by atoms with E-state index in [-0.39, 0.29) is 12.5 Å². The topological polar surface area (TPSA) is 76.8 Å². The van der Waals surface area contributed by atoms with Crippen LogP contribution in [-0.2, 0) is 9.53 Å². The molecule has 0 aliphatic carbocycles. The summed E-state index contributed by atoms with van der Waals surface area (Å²) >= 11 is 0. The molecule has 0 aromatic heterocycles. The van der Waals surface area contributed by atoms with Crippen LogP contribution in [-0.4, -0.2) is 38.8 Å². The van der Waals surface area contributed by atoms with Crippen LogP contribution >= 0.6 is 0 Å². The fraction of sp³-hybridized carbons (Fsp3) is 0.350. The number of nitrogens with two attached hydrogens (primary N) is 1. The number of rotatable bonds is 5. The first-order chi connectivity index (χ1) is 12.5. The summed E-state index contributed by atoms with van der Waals surface area (Å²) in [7, 11) is 0. The van der Waals surface area contributed by atoms with Gasteiger partial charge in [0.15, 0.2) is 6.61 Å². The molecule has 6 heteroatoms. The number of nitrogens with one attached hydrogen (secondary N) is 1. The second-order valence-electron chi connectivity index (χ2n) is 6.48. The SMILES string of the molecule is Cc1ccc(OCC(=O)Nc2cc(N)ccc2N2CCOCC2)c(C)c1. The molecule has 0 saturated carbocycles. The van der Waals surface area contributed by atoms with Gasteiger partial charge in [-0.05, 0) is 43.7 Å². The third-order valence-corrected chi connectivity index (χ3v) is 4.34. The molecule has 1 aliphatic rings. The Hall–Kier alpha value is -2.73. The van der Waals surface area contributed by atoms with E-state index in [1.54, 1.807) is 6.07 Å². The quantitative estimate of drug-likeness (QED) is 0.807. The van der Waals surface area contributed by atoms with Crippen LogP contribution in [0.5, 0.6) is 5.75 Å². The van der Waals surface area contributed by atoms with E-state index in [2.05, 4.69) is 10.2 Å². The Morgan fingerprint density at radius 3 is 2.69 bits per heavy atom. The third-order valence-electron chi connectivity index (χ3n) is 4.34. The smallest absolute Gasteiger partial charge is 0.262 e. The Labute approximate surface area is 153 Å². The summed E-state index contributed by atoms with van der Waals surface area (Å²) in [6.45, 7) is 6.85. The number of benzene rings is 2. The molecule has 6 nitrogen and oxygen atoms in total. The largest absolute Gasteiger partial charge is 0.483 e. The van der Waals surface area contributed by atoms with Crippen LogP contribution in [0.2, 0.25) is 0 Å². The number of amides is 1. The van der Waals surface area contributed by atoms with Crippen molar-refractivity contribution in [2.75, 3.05) is 48.9 Å². The maximum Gasteiger partial charge on any atom is 0.262 e. The van der Waals surface area contributed by atoms with Gasteiger partial charge in [0.1, 0.15) is 5.75 Å². The number of ether oxygens (including phenoxy) is 2. The summed E-state index contributed by atoms with van der Waals surface area (Å²) in [5.41, 5.74) is 10.3. The first-order valence-electron chi connectivity index (χ1n) is 8.75. The van der Waals surface area contributed by atoms with Gasteiger partial charge in [-0.25, -0.2) is 0 Å². The first-order valence-corrected chi connectivity index (χ1v) is 8.75. The van der Waals surface area contributed by atoms with Crippen molar-refractivity contribution in [3.05, 3.63) is 47.5 Å². The molecule has 3 rings (SSSR count). The monoisotopic (exact) mass is 355 g/mol. The number of hydrogen-bond donors (Lipinski definition) is 2. The van der Waals surface area contributed by atoms with Gasteiger partial charge in [0.25, 0.3) is 5.91 Å². The van der Waals surface area contributed by atoms with Crippen LogP contribution in [0.1, 0.15) is 11.1 Å². The number of hydrogen-bond acceptors (Lipinski definition) is 5. The second kappa shape index (κ2) is 8.10. The average Bonchev–Trinajstić information content (AvgIpc) is 2.62. The van der Waals surface area contributed by atoms with Gasteiger partial charge in [-0.3, -0.25) is 4.79 Å². The summed E-state index contributed by atoms with van der Waals surface area (Å²) in [6.07, 6.45) is 0. The van der Waals surface area contributed by atoms with Crippen molar-refractivity contribution in [3.63, 3.8) is 0 Å². The van der Waals surface area contributed by atoms with Crippen molar-refractivity contribution in [3.8, 4) is 5.75 Å². The maximum atomic E-state index is 12.4. The minimum absolute atomic E-state index is 0.0543. The van der Waals surface area contributed by atoms with E-state index in [0.717, 1.165) is 29.9 Å². The van der Waals surface area contributed by atoms with Crippen LogP contribution in [0.25, 0.3) is 0 Å². The van der Waals surface area contributed by atoms with Gasteiger partial charge in [-0.2, -0.15) is 0 Å². The Balaban J connectivity index is 1.67. The van der Waals surface area contributed by atoms with Crippen molar-refractivity contribution in [1.82, 2.24) is 0 Å². The summed E-state index contributed by atoms with van der Waals surface area (Å²) in [4.78, 5) is 14.6. The van der Waals surface area contributed by atoms with Gasteiger partial charge in [-0.15, -0.1) is 0 Å². The lowest BCUT2D eigenvalue weighted by atomic mass is 10.1. The van der Waals surface area contributed by atoms with Crippen LogP contribution in [0.4, 0.5) is 17.1 Å². The molecule has 26 heavy (non-hydrogen) atoms. The Morgan fingerprint density at radius 2 is 1.96 bits per heavy atom. The average molecular weight is 355 g/mol. The normalized spacial score (nSPS) is 14.2. The molecule has 1 aliphatic heterocycles. The number of carbonyl (C=O) groups is 1. The number of morpholine rings is 1. The Bertz CT molecular complexity index is 786. The number of nitrogen functional groups attached to an aromatic ring is 1. The molecule has 0 unspecified atom stereocenters. The summed E-state index contributed by atoms with van der Waals surface area (Å²) in [6, 6.07) is 11.4. The van der Waals surface area contributed by atoms with E-state index in [4.69, 9.17) is 15.2 Å². The highest BCUT2D eigenvalue weighted by Gasteiger charge is 2.16. The number of aryl methyl sites for hydroxylation is 2. The van der Waals surface area contributed by atoms with E-state index in [0.29, 0.717) is 30.3 Å². The van der Waals surface area contributed by atoms with Crippen molar-refractivity contribution in [2.45, 2.75) is 13.8 Å². The van der Waals surface area contributed by atoms with Crippen LogP contribution in [0, 0.1) is 13.8 Å². The third kappa shape index (κ3) is 4.46. The highest BCUT2D eigenvalue weighted by Crippen LogP contribution is 2.29. The van der Waals surface area contributed by atoms with Gasteiger partial charge < -0.3 is 25.4 Å². The molecule has 1 amide bonds. The first kappa shape index (κ1) is 18.1. The molecule has 0 atom stereocenters. The molecule has 2 aromatic rings. The van der Waals surface area contributed by atoms with Gasteiger partial charge >= 0.3 is 0 Å². The molecule has 1 fully saturated rings. The number of nitrogens with zero attached hydrogens (tertiary/aromatic N) is 1. The lowest BCUT2D eigenvalue weighted by molar-refractivity contribution is -0.118. The van der Waals surface area contributed by atoms with E-state index in [1.807, 2.05) is 44.2 Å². The van der Waals surface area contributed by atoms with Gasteiger partial charge in [-0.1, -0.05) is 17.7 Å². The summed E-state index contributed by atoms with van der Waals surface area (Å²) in [5.74, 6) is 0.497. The Kier molecular flexibility index (Phi) is 5.63. The molecular weight excluding hydrogens is 330 g/mol. The predicted molar refractivity (Wildman–Crippen MR) is 104 cm³/mol. The second-order valence-corrected chi connectivity index (χ2v) is 6.48. The maximum absolute atomic E-state index is 12.4. The van der Waals surface area contributed by atoms with Gasteiger partial charge in [0, 0.05) is 18.8 Å². The fourth-order valence-electron chi connectivity index (χ4n) is 3.02. The molecular formula is C20H25N3O3. The van der Waals surface area contributed by atoms with Gasteiger partial charge in [0.2, 0.25) is 0 Å². The fourth-order valence-corrected chi connectivity index (χ4v) is 3.02. The van der Waals surface area contributed by atoms with E-state index in [1.165, 1.54) is 0 Å². The van der Waals surface area contributed by atoms with Crippen LogP contribution in [0.3, 0.4) is 0 Å². The predicted octanol–water partition coefficient (Wildman–Crippen LogP) is 2.74. The molecule has 1 heterocycles. The number of carbonyl (C=O) groups excluding carboxylic acids is 1. The van der Waals surface area contributed by atoms with Crippen molar-refractivity contribution >= 4 is 23.0 Å². The Morgan fingerprint density at radius 1 is 1.19 bits per heavy atom. The standard InChI is InChI=1S/C20H25N3O3/c1-14-3-6-19(15(2)11-14)26-13-20(24)22-17-12-16(21)4-5-18(17)23-7-9-25-10-8-23/h3-6,11-12H,7-10,13,21H2,1-2H3,(H,22,24). The zero-order valence-electron chi connectivity index (χ0n) is 15.2. The molecule has 0 spiro atoms. The molecule has 0 radical (unpaired) electrons. The van der Waals surface area contributed by atoms with Gasteiger partial charge in [0.05, 0.1) is 24.6 Å². The summed E-state index contributed by atoms with van der Waals surface area (Å²) < 4.78 is 11.1. The zero-order valence-corrected chi connectivity index (χ0v) is 15.2. The van der Waals surface area contributed by atoms with Crippen molar-refractivity contribution < 1.29 is 14.3 Å². The molecule has 2 aromatic carbocycles. The molecule has 3 N–H and O–H groups in total. The zero-order chi connectivity index (χ0) is 18.5. The molecule has 0 bridgehead atoms. The summed E-state index contributed by atoms with van der Waals surface area (Å²) in [5, 5.41) is 2.92. The lowest BCUT2D eigenvalue weighted by Crippen LogP contribution is -2.37. The van der Waals surface area contributed by atoms with E-state index in [9.17, 15) is 4.79 Å². The lowest BCUT2D eigenvalue weighted by Gasteiger charge is -2.30. The van der Waals surface area contributed by atoms with E-state index < -0.39 is 0 Å². The molecule has 1 saturated heterocycles. The highest BCUT2D eigenvalue weighted by molar-refractivity contribution is 5.96. The van der Waals surface area contributed by atoms with Crippen LogP contribution < -0.4 is 20.7 Å². The minimum Gasteiger partial charge on any atom is -0.483 e.